The number of benzene rings is 1. The Morgan fingerprint density at radius 1 is 1.15 bits per heavy atom. The van der Waals surface area contributed by atoms with Crippen LogP contribution in [0.15, 0.2) is 24.3 Å². The van der Waals surface area contributed by atoms with Crippen molar-refractivity contribution in [3.63, 3.8) is 0 Å². The van der Waals surface area contributed by atoms with Gasteiger partial charge in [0.15, 0.2) is 0 Å². The lowest BCUT2D eigenvalue weighted by atomic mass is 9.89. The van der Waals surface area contributed by atoms with Gasteiger partial charge >= 0.3 is 5.97 Å². The second-order valence-electron chi connectivity index (χ2n) is 8.29. The average molecular weight is 372 g/mol. The zero-order valence-corrected chi connectivity index (χ0v) is 16.0. The van der Waals surface area contributed by atoms with Crippen molar-refractivity contribution in [1.29, 1.82) is 0 Å². The van der Waals surface area contributed by atoms with E-state index in [-0.39, 0.29) is 23.9 Å². The van der Waals surface area contributed by atoms with Crippen LogP contribution in [0, 0.1) is 5.41 Å². The second-order valence-corrected chi connectivity index (χ2v) is 8.29. The Balaban J connectivity index is 1.65. The molecular weight excluding hydrogens is 344 g/mol. The summed E-state index contributed by atoms with van der Waals surface area (Å²) >= 11 is 0. The molecule has 27 heavy (non-hydrogen) atoms. The molecule has 2 unspecified atom stereocenters. The number of carbonyl (C=O) groups excluding carboxylic acids is 2. The molecule has 1 fully saturated rings. The third-order valence-electron chi connectivity index (χ3n) is 5.85. The lowest BCUT2D eigenvalue weighted by Gasteiger charge is -2.28. The number of nitrogens with one attached hydrogen (secondary N) is 1. The lowest BCUT2D eigenvalue weighted by Crippen LogP contribution is -2.44. The fraction of sp³-hybridized carbons (Fsp3) is 0.571. The first-order valence-corrected chi connectivity index (χ1v) is 9.75. The number of carboxylic acids is 1. The zero-order valence-electron chi connectivity index (χ0n) is 16.0. The van der Waals surface area contributed by atoms with Gasteiger partial charge in [-0.25, -0.2) is 0 Å². The van der Waals surface area contributed by atoms with Gasteiger partial charge in [-0.15, -0.1) is 0 Å². The highest BCUT2D eigenvalue weighted by atomic mass is 16.4. The van der Waals surface area contributed by atoms with E-state index in [0.29, 0.717) is 24.1 Å². The van der Waals surface area contributed by atoms with Crippen LogP contribution in [0.5, 0.6) is 0 Å². The third kappa shape index (κ3) is 4.05. The van der Waals surface area contributed by atoms with Crippen LogP contribution in [-0.2, 0) is 4.79 Å². The summed E-state index contributed by atoms with van der Waals surface area (Å²) in [5.41, 5.74) is 0.235. The quantitative estimate of drug-likeness (QED) is 0.592. The maximum atomic E-state index is 12.8. The van der Waals surface area contributed by atoms with Crippen LogP contribution in [0.1, 0.15) is 73.1 Å². The standard InChI is InChI=1S/C21H28N2O4/c1-21(2,20(26)27)11-12-22-14-7-3-4-8-15(13-14)23-18(24)16-9-5-6-10-17(16)19(23)25/h5-6,9-10,14-15,22H,3-4,7-8,11-13H2,1-2H3,(H,26,27). The Hall–Kier alpha value is -2.21. The second kappa shape index (κ2) is 7.80. The predicted molar refractivity (Wildman–Crippen MR) is 102 cm³/mol. The SMILES string of the molecule is CC(C)(CCNC1CCCCC(N2C(=O)c3ccccc3C2=O)C1)C(=O)O. The number of fused-ring (bicyclic) bond motifs is 1. The molecule has 1 aliphatic heterocycles. The molecule has 2 N–H and O–H groups in total. The molecule has 1 aliphatic carbocycles. The van der Waals surface area contributed by atoms with Crippen molar-refractivity contribution in [3.05, 3.63) is 35.4 Å². The molecule has 2 aliphatic rings. The molecule has 6 heteroatoms. The van der Waals surface area contributed by atoms with Crippen molar-refractivity contribution >= 4 is 17.8 Å². The van der Waals surface area contributed by atoms with E-state index in [1.165, 1.54) is 4.90 Å². The van der Waals surface area contributed by atoms with E-state index in [2.05, 4.69) is 5.32 Å². The van der Waals surface area contributed by atoms with Gasteiger partial charge in [0.1, 0.15) is 0 Å². The fourth-order valence-electron chi connectivity index (χ4n) is 3.99. The summed E-state index contributed by atoms with van der Waals surface area (Å²) in [7, 11) is 0. The highest BCUT2D eigenvalue weighted by Gasteiger charge is 2.40. The number of rotatable bonds is 6. The Kier molecular flexibility index (Phi) is 5.65. The van der Waals surface area contributed by atoms with E-state index in [4.69, 9.17) is 0 Å². The summed E-state index contributed by atoms with van der Waals surface area (Å²) in [6.07, 6.45) is 5.09. The first-order chi connectivity index (χ1) is 12.8. The van der Waals surface area contributed by atoms with E-state index in [1.54, 1.807) is 38.1 Å². The van der Waals surface area contributed by atoms with E-state index < -0.39 is 11.4 Å². The van der Waals surface area contributed by atoms with E-state index in [1.807, 2.05) is 0 Å². The van der Waals surface area contributed by atoms with Crippen LogP contribution in [0.3, 0.4) is 0 Å². The van der Waals surface area contributed by atoms with Crippen LogP contribution in [0.4, 0.5) is 0 Å². The number of hydrogen-bond acceptors (Lipinski definition) is 4. The minimum absolute atomic E-state index is 0.107. The Morgan fingerprint density at radius 2 is 1.74 bits per heavy atom. The highest BCUT2D eigenvalue weighted by molar-refractivity contribution is 6.21. The van der Waals surface area contributed by atoms with Crippen LogP contribution >= 0.6 is 0 Å². The summed E-state index contributed by atoms with van der Waals surface area (Å²) in [6, 6.07) is 7.09. The van der Waals surface area contributed by atoms with E-state index in [0.717, 1.165) is 32.1 Å². The van der Waals surface area contributed by atoms with Gasteiger partial charge in [-0.3, -0.25) is 19.3 Å². The fourth-order valence-corrected chi connectivity index (χ4v) is 3.99. The topological polar surface area (TPSA) is 86.7 Å². The van der Waals surface area contributed by atoms with Gasteiger partial charge in [-0.2, -0.15) is 0 Å². The molecule has 2 atom stereocenters. The molecule has 0 spiro atoms. The van der Waals surface area contributed by atoms with E-state index in [9.17, 15) is 19.5 Å². The largest absolute Gasteiger partial charge is 0.481 e. The van der Waals surface area contributed by atoms with Gasteiger partial charge < -0.3 is 10.4 Å². The number of hydrogen-bond donors (Lipinski definition) is 2. The molecule has 0 saturated heterocycles. The van der Waals surface area contributed by atoms with Gasteiger partial charge in [0.2, 0.25) is 0 Å². The third-order valence-corrected chi connectivity index (χ3v) is 5.85. The number of carbonyl (C=O) groups is 3. The van der Waals surface area contributed by atoms with Crippen molar-refractivity contribution in [2.75, 3.05) is 6.54 Å². The molecular formula is C21H28N2O4. The van der Waals surface area contributed by atoms with Crippen LogP contribution in [0.25, 0.3) is 0 Å². The Bertz CT molecular complexity index is 708. The Morgan fingerprint density at radius 3 is 2.33 bits per heavy atom. The van der Waals surface area contributed by atoms with Crippen LogP contribution in [0.2, 0.25) is 0 Å². The molecule has 6 nitrogen and oxygen atoms in total. The van der Waals surface area contributed by atoms with Gasteiger partial charge in [0, 0.05) is 12.1 Å². The van der Waals surface area contributed by atoms with Crippen LogP contribution < -0.4 is 5.32 Å². The Labute approximate surface area is 159 Å². The summed E-state index contributed by atoms with van der Waals surface area (Å²) in [5, 5.41) is 12.7. The van der Waals surface area contributed by atoms with Crippen molar-refractivity contribution in [2.24, 2.45) is 5.41 Å². The minimum atomic E-state index is -0.797. The number of nitrogens with zero attached hydrogens (tertiary/aromatic N) is 1. The minimum Gasteiger partial charge on any atom is -0.481 e. The molecule has 1 saturated carbocycles. The maximum absolute atomic E-state index is 12.8. The normalized spacial score (nSPS) is 23.3. The van der Waals surface area contributed by atoms with Crippen molar-refractivity contribution in [3.8, 4) is 0 Å². The number of amides is 2. The first-order valence-electron chi connectivity index (χ1n) is 9.75. The molecule has 3 rings (SSSR count). The summed E-state index contributed by atoms with van der Waals surface area (Å²) in [4.78, 5) is 38.2. The van der Waals surface area contributed by atoms with E-state index >= 15 is 0 Å². The number of aliphatic carboxylic acids is 1. The molecule has 1 aromatic carbocycles. The molecule has 0 radical (unpaired) electrons. The summed E-state index contributed by atoms with van der Waals surface area (Å²) in [5.74, 6) is -1.17. The monoisotopic (exact) mass is 372 g/mol. The molecule has 1 heterocycles. The number of imide groups is 1. The molecule has 2 amide bonds. The van der Waals surface area contributed by atoms with Crippen LogP contribution in [-0.4, -0.2) is 46.4 Å². The molecule has 146 valence electrons. The lowest BCUT2D eigenvalue weighted by molar-refractivity contribution is -0.147. The van der Waals surface area contributed by atoms with Crippen molar-refractivity contribution in [2.45, 2.75) is 64.5 Å². The zero-order chi connectivity index (χ0) is 19.6. The van der Waals surface area contributed by atoms with Crippen molar-refractivity contribution in [1.82, 2.24) is 10.2 Å². The summed E-state index contributed by atoms with van der Waals surface area (Å²) in [6.45, 7) is 4.07. The smallest absolute Gasteiger partial charge is 0.309 e. The molecule has 0 bridgehead atoms. The highest BCUT2D eigenvalue weighted by Crippen LogP contribution is 2.30. The van der Waals surface area contributed by atoms with Gasteiger partial charge in [-0.1, -0.05) is 25.0 Å². The molecule has 1 aromatic rings. The summed E-state index contributed by atoms with van der Waals surface area (Å²) < 4.78 is 0. The molecule has 0 aromatic heterocycles. The van der Waals surface area contributed by atoms with Gasteiger partial charge in [0.05, 0.1) is 16.5 Å². The van der Waals surface area contributed by atoms with Gasteiger partial charge in [-0.05, 0) is 58.2 Å². The van der Waals surface area contributed by atoms with Gasteiger partial charge in [0.25, 0.3) is 11.8 Å². The predicted octanol–water partition coefficient (Wildman–Crippen LogP) is 3.07. The van der Waals surface area contributed by atoms with Crippen molar-refractivity contribution < 1.29 is 19.5 Å². The maximum Gasteiger partial charge on any atom is 0.309 e. The number of carboxylic acid groups (broad SMARTS) is 1. The first kappa shape index (κ1) is 19.5. The average Bonchev–Trinajstić information content (AvgIpc) is 2.78.